The van der Waals surface area contributed by atoms with Gasteiger partial charge in [-0.3, -0.25) is 0 Å². The van der Waals surface area contributed by atoms with E-state index >= 15 is 0 Å². The van der Waals surface area contributed by atoms with Crippen LogP contribution in [-0.2, 0) is 0 Å². The Bertz CT molecular complexity index is 150. The first kappa shape index (κ1) is 10.4. The van der Waals surface area contributed by atoms with E-state index in [0.29, 0.717) is 11.8 Å². The maximum absolute atomic E-state index is 9.83. The molecule has 1 saturated carbocycles. The van der Waals surface area contributed by atoms with Crippen molar-refractivity contribution in [2.75, 3.05) is 0 Å². The second kappa shape index (κ2) is 3.59. The van der Waals surface area contributed by atoms with E-state index < -0.39 is 0 Å². The minimum atomic E-state index is -0.138. The summed E-state index contributed by atoms with van der Waals surface area (Å²) < 4.78 is -0.0282. The zero-order chi connectivity index (χ0) is 9.35. The van der Waals surface area contributed by atoms with Gasteiger partial charge in [-0.15, -0.1) is 0 Å². The molecule has 3 atom stereocenters. The van der Waals surface area contributed by atoms with Crippen LogP contribution in [0.15, 0.2) is 0 Å². The van der Waals surface area contributed by atoms with Crippen LogP contribution in [0.4, 0.5) is 0 Å². The van der Waals surface area contributed by atoms with Crippen LogP contribution in [0.5, 0.6) is 0 Å². The van der Waals surface area contributed by atoms with Crippen molar-refractivity contribution in [2.24, 2.45) is 11.8 Å². The molecule has 1 rings (SSSR count). The Morgan fingerprint density at radius 3 is 2.33 bits per heavy atom. The Balaban J connectivity index is 2.57. The van der Waals surface area contributed by atoms with Gasteiger partial charge in [0, 0.05) is 4.75 Å². The van der Waals surface area contributed by atoms with Crippen LogP contribution in [0.2, 0.25) is 0 Å². The predicted octanol–water partition coefficient (Wildman–Crippen LogP) is 2.49. The molecule has 1 aliphatic rings. The van der Waals surface area contributed by atoms with Crippen molar-refractivity contribution in [3.8, 4) is 0 Å². The van der Waals surface area contributed by atoms with Gasteiger partial charge in [-0.05, 0) is 24.7 Å². The summed E-state index contributed by atoms with van der Waals surface area (Å²) in [5.41, 5.74) is 0. The Hall–Kier alpha value is 0.310. The highest BCUT2D eigenvalue weighted by Gasteiger charge is 2.35. The van der Waals surface area contributed by atoms with E-state index in [9.17, 15) is 5.11 Å². The third kappa shape index (κ3) is 2.40. The molecule has 0 unspecified atom stereocenters. The maximum atomic E-state index is 9.83. The van der Waals surface area contributed by atoms with Crippen molar-refractivity contribution in [3.05, 3.63) is 0 Å². The molecule has 0 saturated heterocycles. The Morgan fingerprint density at radius 1 is 1.33 bits per heavy atom. The van der Waals surface area contributed by atoms with E-state index in [4.69, 9.17) is 0 Å². The van der Waals surface area contributed by atoms with E-state index in [-0.39, 0.29) is 10.9 Å². The van der Waals surface area contributed by atoms with Crippen LogP contribution in [0.25, 0.3) is 0 Å². The van der Waals surface area contributed by atoms with Gasteiger partial charge in [-0.2, -0.15) is 12.6 Å². The van der Waals surface area contributed by atoms with E-state index in [1.165, 1.54) is 6.42 Å². The molecule has 0 amide bonds. The fourth-order valence-corrected chi connectivity index (χ4v) is 2.48. The van der Waals surface area contributed by atoms with Crippen molar-refractivity contribution in [2.45, 2.75) is 50.9 Å². The largest absolute Gasteiger partial charge is 0.393 e. The fourth-order valence-electron chi connectivity index (χ4n) is 2.17. The van der Waals surface area contributed by atoms with Crippen LogP contribution >= 0.6 is 12.6 Å². The molecule has 0 bridgehead atoms. The molecule has 1 aliphatic carbocycles. The number of rotatable bonds is 1. The zero-order valence-corrected chi connectivity index (χ0v) is 9.14. The molecular formula is C10H20OS. The van der Waals surface area contributed by atoms with Crippen molar-refractivity contribution in [1.29, 1.82) is 0 Å². The molecule has 0 aliphatic heterocycles. The first-order valence-corrected chi connectivity index (χ1v) is 5.26. The molecule has 72 valence electrons. The number of aliphatic hydroxyl groups excluding tert-OH is 1. The second-order valence-electron chi connectivity index (χ2n) is 4.75. The lowest BCUT2D eigenvalue weighted by atomic mass is 9.75. The Kier molecular flexibility index (Phi) is 3.11. The molecule has 2 heteroatoms. The monoisotopic (exact) mass is 188 g/mol. The van der Waals surface area contributed by atoms with Gasteiger partial charge in [0.05, 0.1) is 6.10 Å². The summed E-state index contributed by atoms with van der Waals surface area (Å²) in [6.45, 7) is 6.41. The summed E-state index contributed by atoms with van der Waals surface area (Å²) in [4.78, 5) is 0. The SMILES string of the molecule is C[C@@H]1CC[C@@H](C(C)(C)S)[C@H](O)C1. The normalized spacial score (nSPS) is 38.2. The maximum Gasteiger partial charge on any atom is 0.0583 e. The van der Waals surface area contributed by atoms with E-state index in [1.807, 2.05) is 0 Å². The molecule has 12 heavy (non-hydrogen) atoms. The molecular weight excluding hydrogens is 168 g/mol. The highest BCUT2D eigenvalue weighted by atomic mass is 32.1. The molecule has 0 radical (unpaired) electrons. The highest BCUT2D eigenvalue weighted by molar-refractivity contribution is 7.81. The topological polar surface area (TPSA) is 20.2 Å². The second-order valence-corrected chi connectivity index (χ2v) is 5.90. The summed E-state index contributed by atoms with van der Waals surface area (Å²) in [6.07, 6.45) is 3.18. The predicted molar refractivity (Wildman–Crippen MR) is 55.6 cm³/mol. The van der Waals surface area contributed by atoms with Crippen LogP contribution in [-0.4, -0.2) is 16.0 Å². The summed E-state index contributed by atoms with van der Waals surface area (Å²) >= 11 is 4.53. The summed E-state index contributed by atoms with van der Waals surface area (Å²) in [5, 5.41) is 9.83. The minimum Gasteiger partial charge on any atom is -0.393 e. The van der Waals surface area contributed by atoms with Crippen LogP contribution in [0, 0.1) is 11.8 Å². The first-order chi connectivity index (χ1) is 5.41. The molecule has 0 heterocycles. The number of hydrogen-bond donors (Lipinski definition) is 2. The number of thiol groups is 1. The van der Waals surface area contributed by atoms with Crippen LogP contribution in [0.1, 0.15) is 40.0 Å². The average Bonchev–Trinajstić information content (AvgIpc) is 1.83. The first-order valence-electron chi connectivity index (χ1n) is 4.81. The van der Waals surface area contributed by atoms with E-state index in [0.717, 1.165) is 12.8 Å². The molecule has 0 spiro atoms. The lowest BCUT2D eigenvalue weighted by Crippen LogP contribution is -2.39. The molecule has 1 fully saturated rings. The summed E-state index contributed by atoms with van der Waals surface area (Å²) in [5.74, 6) is 1.06. The lowest BCUT2D eigenvalue weighted by Gasteiger charge is -2.39. The van der Waals surface area contributed by atoms with Gasteiger partial charge in [0.15, 0.2) is 0 Å². The quantitative estimate of drug-likeness (QED) is 0.606. The summed E-state index contributed by atoms with van der Waals surface area (Å²) in [6, 6.07) is 0. The summed E-state index contributed by atoms with van der Waals surface area (Å²) in [7, 11) is 0. The Morgan fingerprint density at radius 2 is 1.92 bits per heavy atom. The zero-order valence-electron chi connectivity index (χ0n) is 8.25. The molecule has 0 aromatic heterocycles. The standard InChI is InChI=1S/C10H20OS/c1-7-4-5-8(9(11)6-7)10(2,3)12/h7-9,11-12H,4-6H2,1-3H3/t7-,8-,9-/m1/s1. The highest BCUT2D eigenvalue weighted by Crippen LogP contribution is 2.38. The molecule has 1 N–H and O–H groups in total. The van der Waals surface area contributed by atoms with Gasteiger partial charge < -0.3 is 5.11 Å². The van der Waals surface area contributed by atoms with Crippen molar-refractivity contribution < 1.29 is 5.11 Å². The third-order valence-corrected chi connectivity index (χ3v) is 3.32. The lowest BCUT2D eigenvalue weighted by molar-refractivity contribution is 0.0353. The average molecular weight is 188 g/mol. The fraction of sp³-hybridized carbons (Fsp3) is 1.00. The van der Waals surface area contributed by atoms with Gasteiger partial charge in [0.25, 0.3) is 0 Å². The smallest absolute Gasteiger partial charge is 0.0583 e. The Labute approximate surface area is 81.0 Å². The van der Waals surface area contributed by atoms with Gasteiger partial charge >= 0.3 is 0 Å². The molecule has 0 aromatic rings. The van der Waals surface area contributed by atoms with E-state index in [1.54, 1.807) is 0 Å². The van der Waals surface area contributed by atoms with Crippen LogP contribution < -0.4 is 0 Å². The van der Waals surface area contributed by atoms with Gasteiger partial charge in [-0.1, -0.05) is 27.2 Å². The van der Waals surface area contributed by atoms with Gasteiger partial charge in [0.2, 0.25) is 0 Å². The number of hydrogen-bond acceptors (Lipinski definition) is 2. The van der Waals surface area contributed by atoms with Gasteiger partial charge in [-0.25, -0.2) is 0 Å². The van der Waals surface area contributed by atoms with Crippen molar-refractivity contribution in [3.63, 3.8) is 0 Å². The number of aliphatic hydroxyl groups is 1. The van der Waals surface area contributed by atoms with Crippen LogP contribution in [0.3, 0.4) is 0 Å². The van der Waals surface area contributed by atoms with Gasteiger partial charge in [0.1, 0.15) is 0 Å². The third-order valence-electron chi connectivity index (χ3n) is 2.99. The van der Waals surface area contributed by atoms with Crippen molar-refractivity contribution in [1.82, 2.24) is 0 Å². The minimum absolute atomic E-state index is 0.0282. The molecule has 1 nitrogen and oxygen atoms in total. The van der Waals surface area contributed by atoms with E-state index in [2.05, 4.69) is 33.4 Å². The molecule has 0 aromatic carbocycles. The van der Waals surface area contributed by atoms with Crippen molar-refractivity contribution >= 4 is 12.6 Å².